The zero-order chi connectivity index (χ0) is 20.0. The first-order valence-corrected chi connectivity index (χ1v) is 10.9. The summed E-state index contributed by atoms with van der Waals surface area (Å²) in [5.41, 5.74) is 3.02. The second kappa shape index (κ2) is 7.24. The van der Waals surface area contributed by atoms with E-state index in [9.17, 15) is 4.79 Å². The molecule has 0 bridgehead atoms. The third-order valence-electron chi connectivity index (χ3n) is 7.36. The molecule has 5 rings (SSSR count). The summed E-state index contributed by atoms with van der Waals surface area (Å²) in [4.78, 5) is 26.1. The molecule has 4 unspecified atom stereocenters. The predicted molar refractivity (Wildman–Crippen MR) is 111 cm³/mol. The maximum absolute atomic E-state index is 12.8. The van der Waals surface area contributed by atoms with Gasteiger partial charge in [0, 0.05) is 51.0 Å². The van der Waals surface area contributed by atoms with Crippen LogP contribution in [0.5, 0.6) is 0 Å². The van der Waals surface area contributed by atoms with Crippen LogP contribution in [0, 0.1) is 17.3 Å². The molecule has 4 aliphatic rings. The average Bonchev–Trinajstić information content (AvgIpc) is 3.01. The molecule has 2 aliphatic carbocycles. The molecule has 0 amide bonds. The van der Waals surface area contributed by atoms with Gasteiger partial charge < -0.3 is 9.64 Å². The van der Waals surface area contributed by atoms with Gasteiger partial charge in [0.15, 0.2) is 0 Å². The molecule has 29 heavy (non-hydrogen) atoms. The van der Waals surface area contributed by atoms with Gasteiger partial charge in [-0.25, -0.2) is 9.97 Å². The minimum atomic E-state index is -0.0497. The lowest BCUT2D eigenvalue weighted by Crippen LogP contribution is -2.49. The molecule has 1 aromatic rings. The molecule has 0 aromatic carbocycles. The van der Waals surface area contributed by atoms with E-state index in [1.165, 1.54) is 11.1 Å². The Kier molecular flexibility index (Phi) is 4.69. The molecule has 154 valence electrons. The number of allylic oxidation sites excluding steroid dienone is 3. The van der Waals surface area contributed by atoms with Crippen molar-refractivity contribution in [2.24, 2.45) is 17.3 Å². The van der Waals surface area contributed by atoms with E-state index in [0.29, 0.717) is 0 Å². The number of hydrogen-bond acceptors (Lipinski definition) is 6. The normalized spacial score (nSPS) is 34.8. The molecular formula is C23H30N4O2. The highest BCUT2D eigenvalue weighted by Crippen LogP contribution is 2.52. The topological polar surface area (TPSA) is 58.6 Å². The van der Waals surface area contributed by atoms with Gasteiger partial charge in [-0.15, -0.1) is 0 Å². The van der Waals surface area contributed by atoms with Gasteiger partial charge in [0.2, 0.25) is 5.95 Å². The first kappa shape index (κ1) is 18.8. The largest absolute Gasteiger partial charge is 0.461 e. The Balaban J connectivity index is 1.28. The lowest BCUT2D eigenvalue weighted by atomic mass is 9.62. The van der Waals surface area contributed by atoms with Gasteiger partial charge in [-0.1, -0.05) is 24.6 Å². The predicted octanol–water partition coefficient (Wildman–Crippen LogP) is 2.83. The Labute approximate surface area is 172 Å². The van der Waals surface area contributed by atoms with E-state index in [1.807, 2.05) is 6.07 Å². The Bertz CT molecular complexity index is 844. The molecule has 0 spiro atoms. The highest BCUT2D eigenvalue weighted by atomic mass is 16.6. The van der Waals surface area contributed by atoms with Crippen LogP contribution in [0.3, 0.4) is 0 Å². The molecule has 0 saturated carbocycles. The number of carbonyl (C=O) groups excluding carboxylic acids is 1. The van der Waals surface area contributed by atoms with Gasteiger partial charge in [-0.3, -0.25) is 9.69 Å². The van der Waals surface area contributed by atoms with Crippen molar-refractivity contribution in [2.75, 3.05) is 37.6 Å². The van der Waals surface area contributed by atoms with Crippen molar-refractivity contribution >= 4 is 11.9 Å². The number of piperazine rings is 1. The van der Waals surface area contributed by atoms with Crippen molar-refractivity contribution in [3.8, 4) is 0 Å². The highest BCUT2D eigenvalue weighted by molar-refractivity contribution is 5.76. The minimum Gasteiger partial charge on any atom is -0.461 e. The van der Waals surface area contributed by atoms with Crippen molar-refractivity contribution in [3.63, 3.8) is 0 Å². The van der Waals surface area contributed by atoms with E-state index in [-0.39, 0.29) is 29.3 Å². The summed E-state index contributed by atoms with van der Waals surface area (Å²) >= 11 is 0. The molecule has 2 saturated heterocycles. The first-order valence-electron chi connectivity index (χ1n) is 10.9. The van der Waals surface area contributed by atoms with Crippen LogP contribution in [0.25, 0.3) is 0 Å². The van der Waals surface area contributed by atoms with Crippen LogP contribution in [0.4, 0.5) is 5.95 Å². The SMILES string of the molecule is CC1=CCCC2(C)CC3OC(=O)C(CN4CCN(c5ncccn5)CC4)C3C=C12. The van der Waals surface area contributed by atoms with Crippen molar-refractivity contribution < 1.29 is 9.53 Å². The van der Waals surface area contributed by atoms with Crippen LogP contribution in [0.15, 0.2) is 41.8 Å². The van der Waals surface area contributed by atoms with Crippen molar-refractivity contribution in [1.29, 1.82) is 0 Å². The fraction of sp³-hybridized carbons (Fsp3) is 0.609. The van der Waals surface area contributed by atoms with Gasteiger partial charge in [0.25, 0.3) is 0 Å². The van der Waals surface area contributed by atoms with Crippen molar-refractivity contribution in [2.45, 2.75) is 39.2 Å². The summed E-state index contributed by atoms with van der Waals surface area (Å²) in [5, 5.41) is 0. The number of rotatable bonds is 3. The quantitative estimate of drug-likeness (QED) is 0.735. The standard InChI is InChI=1S/C23H30N4O2/c1-16-5-3-6-23(2)14-20-17(13-19(16)23)18(21(28)29-20)15-26-9-11-27(12-10-26)22-24-7-4-8-25-22/h4-5,7-8,13,17-18,20H,3,6,9-12,14-15H2,1-2H3. The van der Waals surface area contributed by atoms with Crippen LogP contribution in [0.2, 0.25) is 0 Å². The highest BCUT2D eigenvalue weighted by Gasteiger charge is 2.51. The lowest BCUT2D eigenvalue weighted by Gasteiger charge is -2.43. The Morgan fingerprint density at radius 1 is 1.21 bits per heavy atom. The fourth-order valence-electron chi connectivity index (χ4n) is 5.70. The summed E-state index contributed by atoms with van der Waals surface area (Å²) in [5.74, 6) is 0.951. The molecule has 2 aliphatic heterocycles. The molecule has 6 heteroatoms. The second-order valence-corrected chi connectivity index (χ2v) is 9.27. The molecule has 2 fully saturated rings. The number of esters is 1. The molecule has 1 aromatic heterocycles. The van der Waals surface area contributed by atoms with Crippen molar-refractivity contribution in [1.82, 2.24) is 14.9 Å². The van der Waals surface area contributed by atoms with Gasteiger partial charge >= 0.3 is 5.97 Å². The maximum atomic E-state index is 12.8. The van der Waals surface area contributed by atoms with E-state index in [0.717, 1.165) is 57.9 Å². The third-order valence-corrected chi connectivity index (χ3v) is 7.36. The van der Waals surface area contributed by atoms with E-state index >= 15 is 0 Å². The molecule has 6 nitrogen and oxygen atoms in total. The summed E-state index contributed by atoms with van der Waals surface area (Å²) in [6.07, 6.45) is 11.6. The molecular weight excluding hydrogens is 364 g/mol. The summed E-state index contributed by atoms with van der Waals surface area (Å²) in [6, 6.07) is 1.84. The lowest BCUT2D eigenvalue weighted by molar-refractivity contribution is -0.145. The number of fused-ring (bicyclic) bond motifs is 2. The van der Waals surface area contributed by atoms with Gasteiger partial charge in [-0.05, 0) is 43.2 Å². The Morgan fingerprint density at radius 2 is 1.97 bits per heavy atom. The van der Waals surface area contributed by atoms with Gasteiger partial charge in [0.1, 0.15) is 6.10 Å². The molecule has 0 N–H and O–H groups in total. The summed E-state index contributed by atoms with van der Waals surface area (Å²) in [6.45, 7) is 8.98. The fourth-order valence-corrected chi connectivity index (χ4v) is 5.70. The number of carbonyl (C=O) groups is 1. The molecule has 3 heterocycles. The number of hydrogen-bond donors (Lipinski definition) is 0. The average molecular weight is 395 g/mol. The van der Waals surface area contributed by atoms with E-state index in [2.05, 4.69) is 45.8 Å². The van der Waals surface area contributed by atoms with Crippen LogP contribution in [-0.4, -0.2) is 59.7 Å². The number of aromatic nitrogens is 2. The molecule has 4 atom stereocenters. The Morgan fingerprint density at radius 3 is 2.72 bits per heavy atom. The zero-order valence-electron chi connectivity index (χ0n) is 17.4. The Hall–Kier alpha value is -2.21. The molecule has 0 radical (unpaired) electrons. The monoisotopic (exact) mass is 394 g/mol. The van der Waals surface area contributed by atoms with Gasteiger partial charge in [0.05, 0.1) is 5.92 Å². The smallest absolute Gasteiger partial charge is 0.311 e. The minimum absolute atomic E-state index is 0.00504. The van der Waals surface area contributed by atoms with E-state index in [4.69, 9.17) is 4.74 Å². The number of anilines is 1. The zero-order valence-corrected chi connectivity index (χ0v) is 17.4. The summed E-state index contributed by atoms with van der Waals surface area (Å²) < 4.78 is 5.90. The summed E-state index contributed by atoms with van der Waals surface area (Å²) in [7, 11) is 0. The number of ether oxygens (including phenoxy) is 1. The van der Waals surface area contributed by atoms with Crippen LogP contribution >= 0.6 is 0 Å². The van der Waals surface area contributed by atoms with Crippen LogP contribution in [0.1, 0.15) is 33.1 Å². The van der Waals surface area contributed by atoms with Gasteiger partial charge in [-0.2, -0.15) is 0 Å². The third kappa shape index (κ3) is 3.37. The van der Waals surface area contributed by atoms with Crippen LogP contribution in [-0.2, 0) is 9.53 Å². The van der Waals surface area contributed by atoms with E-state index in [1.54, 1.807) is 12.4 Å². The first-order chi connectivity index (χ1) is 14.0. The van der Waals surface area contributed by atoms with E-state index < -0.39 is 0 Å². The number of nitrogens with zero attached hydrogens (tertiary/aromatic N) is 4. The van der Waals surface area contributed by atoms with Crippen molar-refractivity contribution in [3.05, 3.63) is 41.8 Å². The maximum Gasteiger partial charge on any atom is 0.311 e. The van der Waals surface area contributed by atoms with Crippen LogP contribution < -0.4 is 4.90 Å². The second-order valence-electron chi connectivity index (χ2n) is 9.27.